The maximum Gasteiger partial charge on any atom is 0.140 e. The van der Waals surface area contributed by atoms with Crippen LogP contribution in [-0.2, 0) is 6.54 Å². The number of hydrogen-bond donors (Lipinski definition) is 2. The van der Waals surface area contributed by atoms with Crippen molar-refractivity contribution in [3.05, 3.63) is 52.9 Å². The van der Waals surface area contributed by atoms with Gasteiger partial charge in [-0.1, -0.05) is 13.0 Å². The van der Waals surface area contributed by atoms with Crippen molar-refractivity contribution in [3.8, 4) is 0 Å². The Bertz CT molecular complexity index is 945. The third kappa shape index (κ3) is 4.55. The highest BCUT2D eigenvalue weighted by Gasteiger charge is 2.25. The number of aryl methyl sites for hydroxylation is 1. The molecule has 0 bridgehead atoms. The van der Waals surface area contributed by atoms with Crippen molar-refractivity contribution in [2.45, 2.75) is 38.9 Å². The summed E-state index contributed by atoms with van der Waals surface area (Å²) in [5.41, 5.74) is 2.23. The third-order valence-corrected chi connectivity index (χ3v) is 6.85. The first kappa shape index (κ1) is 20.1. The Morgan fingerprint density at radius 1 is 1.31 bits per heavy atom. The van der Waals surface area contributed by atoms with E-state index in [1.54, 1.807) is 11.3 Å². The molecule has 2 aromatic heterocycles. The van der Waals surface area contributed by atoms with Crippen LogP contribution in [0.1, 0.15) is 31.1 Å². The van der Waals surface area contributed by atoms with Crippen molar-refractivity contribution < 1.29 is 0 Å². The molecule has 1 aromatic carbocycles. The molecule has 4 rings (SSSR count). The molecule has 1 saturated heterocycles. The molecule has 0 spiro atoms. The summed E-state index contributed by atoms with van der Waals surface area (Å²) in [4.78, 5) is 6.07. The van der Waals surface area contributed by atoms with E-state index in [0.717, 1.165) is 36.6 Å². The molecule has 1 aliphatic rings. The second-order valence-corrected chi connectivity index (χ2v) is 8.79. The minimum Gasteiger partial charge on any atom is -0.347 e. The van der Waals surface area contributed by atoms with Crippen LogP contribution in [0.5, 0.6) is 0 Å². The Labute approximate surface area is 177 Å². The van der Waals surface area contributed by atoms with E-state index in [1.807, 2.05) is 17.5 Å². The molecule has 0 amide bonds. The molecular formula is C23H31N5S. The first-order valence-electron chi connectivity index (χ1n) is 10.6. The SMILES string of the molecule is CCN1CCCC1N(C)CCCn1ccc2cc(NC(=N)c3cccs3)ccc21. The number of hydrogen-bond acceptors (Lipinski definition) is 4. The smallest absolute Gasteiger partial charge is 0.140 e. The summed E-state index contributed by atoms with van der Waals surface area (Å²) in [6.45, 7) is 6.82. The van der Waals surface area contributed by atoms with Gasteiger partial charge in [0.05, 0.1) is 11.0 Å². The van der Waals surface area contributed by atoms with Crippen molar-refractivity contribution in [3.63, 3.8) is 0 Å². The molecule has 5 nitrogen and oxygen atoms in total. The van der Waals surface area contributed by atoms with E-state index < -0.39 is 0 Å². The van der Waals surface area contributed by atoms with Crippen LogP contribution in [-0.4, -0.2) is 53.1 Å². The van der Waals surface area contributed by atoms with Crippen molar-refractivity contribution in [2.75, 3.05) is 32.0 Å². The van der Waals surface area contributed by atoms with Gasteiger partial charge in [0.25, 0.3) is 0 Å². The topological polar surface area (TPSA) is 47.3 Å². The minimum absolute atomic E-state index is 0.454. The lowest BCUT2D eigenvalue weighted by Gasteiger charge is -2.31. The fraction of sp³-hybridized carbons (Fsp3) is 0.435. The van der Waals surface area contributed by atoms with Crippen molar-refractivity contribution in [1.82, 2.24) is 14.4 Å². The first-order chi connectivity index (χ1) is 14.2. The van der Waals surface area contributed by atoms with E-state index in [9.17, 15) is 0 Å². The van der Waals surface area contributed by atoms with Gasteiger partial charge < -0.3 is 9.88 Å². The van der Waals surface area contributed by atoms with Crippen LogP contribution >= 0.6 is 11.3 Å². The number of nitrogens with one attached hydrogen (secondary N) is 2. The normalized spacial score (nSPS) is 17.4. The maximum atomic E-state index is 8.21. The molecule has 154 valence electrons. The molecule has 1 aliphatic heterocycles. The second kappa shape index (κ2) is 9.11. The Morgan fingerprint density at radius 2 is 2.21 bits per heavy atom. The molecule has 3 aromatic rings. The van der Waals surface area contributed by atoms with Crippen molar-refractivity contribution >= 4 is 33.8 Å². The van der Waals surface area contributed by atoms with Gasteiger partial charge in [0.2, 0.25) is 0 Å². The Hall–Kier alpha value is -2.15. The zero-order chi connectivity index (χ0) is 20.2. The highest BCUT2D eigenvalue weighted by atomic mass is 32.1. The molecule has 3 heterocycles. The van der Waals surface area contributed by atoms with Crippen LogP contribution in [0.4, 0.5) is 5.69 Å². The summed E-state index contributed by atoms with van der Waals surface area (Å²) >= 11 is 1.58. The third-order valence-electron chi connectivity index (χ3n) is 5.96. The van der Waals surface area contributed by atoms with Gasteiger partial charge in [0.1, 0.15) is 5.84 Å². The Morgan fingerprint density at radius 3 is 3.00 bits per heavy atom. The molecule has 2 N–H and O–H groups in total. The summed E-state index contributed by atoms with van der Waals surface area (Å²) in [5, 5.41) is 14.6. The Kier molecular flexibility index (Phi) is 6.33. The summed E-state index contributed by atoms with van der Waals surface area (Å²) in [6.07, 6.45) is 6.58. The molecule has 0 saturated carbocycles. The monoisotopic (exact) mass is 409 g/mol. The fourth-order valence-corrected chi connectivity index (χ4v) is 5.05. The number of thiophene rings is 1. The number of aromatic nitrogens is 1. The summed E-state index contributed by atoms with van der Waals surface area (Å²) in [5.74, 6) is 0.454. The number of likely N-dealkylation sites (tertiary alicyclic amines) is 1. The van der Waals surface area contributed by atoms with Crippen LogP contribution in [0.25, 0.3) is 10.9 Å². The van der Waals surface area contributed by atoms with Gasteiger partial charge in [-0.3, -0.25) is 15.2 Å². The second-order valence-electron chi connectivity index (χ2n) is 7.85. The number of nitrogens with zero attached hydrogens (tertiary/aromatic N) is 3. The predicted octanol–water partition coefficient (Wildman–Crippen LogP) is 4.90. The van der Waals surface area contributed by atoms with E-state index in [-0.39, 0.29) is 0 Å². The molecule has 29 heavy (non-hydrogen) atoms. The lowest BCUT2D eigenvalue weighted by molar-refractivity contribution is 0.100. The highest BCUT2D eigenvalue weighted by molar-refractivity contribution is 7.12. The number of anilines is 1. The van der Waals surface area contributed by atoms with Crippen LogP contribution in [0.15, 0.2) is 48.0 Å². The minimum atomic E-state index is 0.454. The van der Waals surface area contributed by atoms with E-state index in [4.69, 9.17) is 5.41 Å². The summed E-state index contributed by atoms with van der Waals surface area (Å²) < 4.78 is 2.35. The molecule has 0 aliphatic carbocycles. The Balaban J connectivity index is 1.35. The van der Waals surface area contributed by atoms with E-state index >= 15 is 0 Å². The van der Waals surface area contributed by atoms with Gasteiger partial charge in [-0.25, -0.2) is 0 Å². The standard InChI is InChI=1S/C23H31N5S/c1-3-27-13-4-8-22(27)26(2)12-6-14-28-15-11-18-17-19(9-10-20(18)28)25-23(24)21-7-5-16-29-21/h5,7,9-11,15-17,22H,3-4,6,8,12-14H2,1-2H3,(H2,24,25). The van der Waals surface area contributed by atoms with E-state index in [0.29, 0.717) is 12.0 Å². The van der Waals surface area contributed by atoms with Crippen LogP contribution < -0.4 is 5.32 Å². The predicted molar refractivity (Wildman–Crippen MR) is 124 cm³/mol. The molecular weight excluding hydrogens is 378 g/mol. The van der Waals surface area contributed by atoms with Crippen molar-refractivity contribution in [1.29, 1.82) is 5.41 Å². The van der Waals surface area contributed by atoms with E-state index in [1.165, 1.54) is 30.3 Å². The number of rotatable bonds is 8. The average molecular weight is 410 g/mol. The average Bonchev–Trinajstić information content (AvgIpc) is 3.48. The van der Waals surface area contributed by atoms with Gasteiger partial charge in [0.15, 0.2) is 0 Å². The van der Waals surface area contributed by atoms with Crippen molar-refractivity contribution in [2.24, 2.45) is 0 Å². The van der Waals surface area contributed by atoms with Gasteiger partial charge in [-0.2, -0.15) is 0 Å². The lowest BCUT2D eigenvalue weighted by Crippen LogP contribution is -2.42. The molecule has 6 heteroatoms. The van der Waals surface area contributed by atoms with Gasteiger partial charge in [0, 0.05) is 35.9 Å². The van der Waals surface area contributed by atoms with Crippen LogP contribution in [0.2, 0.25) is 0 Å². The number of fused-ring (bicyclic) bond motifs is 1. The maximum absolute atomic E-state index is 8.21. The molecule has 0 radical (unpaired) electrons. The summed E-state index contributed by atoms with van der Waals surface area (Å²) in [6, 6.07) is 12.5. The zero-order valence-corrected chi connectivity index (χ0v) is 18.2. The van der Waals surface area contributed by atoms with Crippen LogP contribution in [0, 0.1) is 5.41 Å². The number of amidine groups is 1. The van der Waals surface area contributed by atoms with Crippen LogP contribution in [0.3, 0.4) is 0 Å². The molecule has 1 atom stereocenters. The highest BCUT2D eigenvalue weighted by Crippen LogP contribution is 2.23. The molecule has 1 fully saturated rings. The fourth-order valence-electron chi connectivity index (χ4n) is 4.42. The largest absolute Gasteiger partial charge is 0.347 e. The van der Waals surface area contributed by atoms with Gasteiger partial charge >= 0.3 is 0 Å². The molecule has 1 unspecified atom stereocenters. The van der Waals surface area contributed by atoms with E-state index in [2.05, 4.69) is 64.1 Å². The zero-order valence-electron chi connectivity index (χ0n) is 17.4. The van der Waals surface area contributed by atoms with Gasteiger partial charge in [-0.15, -0.1) is 11.3 Å². The lowest BCUT2D eigenvalue weighted by atomic mass is 10.2. The first-order valence-corrected chi connectivity index (χ1v) is 11.5. The summed E-state index contributed by atoms with van der Waals surface area (Å²) in [7, 11) is 2.27. The number of benzene rings is 1. The van der Waals surface area contributed by atoms with Gasteiger partial charge in [-0.05, 0) is 75.1 Å². The quantitative estimate of drug-likeness (QED) is 0.411.